The summed E-state index contributed by atoms with van der Waals surface area (Å²) in [5.41, 5.74) is 0. The Hall–Kier alpha value is -0.570. The third kappa shape index (κ3) is 8.72. The molecule has 0 aromatic rings. The largest absolute Gasteiger partial charge is 0.469 e. The highest BCUT2D eigenvalue weighted by molar-refractivity contribution is 5.69. The highest BCUT2D eigenvalue weighted by Crippen LogP contribution is 2.12. The van der Waals surface area contributed by atoms with Crippen LogP contribution in [-0.4, -0.2) is 26.3 Å². The van der Waals surface area contributed by atoms with E-state index in [4.69, 9.17) is 4.74 Å². The predicted octanol–water partition coefficient (Wildman–Crippen LogP) is 3.32. The van der Waals surface area contributed by atoms with Crippen molar-refractivity contribution in [2.45, 2.75) is 64.4 Å². The molecule has 0 saturated carbocycles. The number of rotatable bonds is 10. The van der Waals surface area contributed by atoms with Gasteiger partial charge in [-0.15, -0.1) is 0 Å². The van der Waals surface area contributed by atoms with E-state index in [1.165, 1.54) is 39.2 Å². The topological polar surface area (TPSA) is 35.5 Å². The van der Waals surface area contributed by atoms with E-state index in [2.05, 4.69) is 11.7 Å². The summed E-state index contributed by atoms with van der Waals surface area (Å²) in [7, 11) is 3.07. The number of carbonyl (C=O) groups is 1. The van der Waals surface area contributed by atoms with Crippen LogP contribution in [0.4, 0.5) is 0 Å². The van der Waals surface area contributed by atoms with Crippen molar-refractivity contribution in [2.24, 2.45) is 0 Å². The molecule has 0 heterocycles. The average Bonchev–Trinajstić information content (AvgIpc) is 2.31. The molecule has 0 radical (unpaired) electrons. The maximum atomic E-state index is 11.1. The summed E-state index contributed by atoms with van der Waals surface area (Å²) in [6.07, 6.45) is 8.96. The fraction of sp³-hybridized carbons (Fsp3) is 0.923. The number of esters is 1. The van der Waals surface area contributed by atoms with Gasteiger partial charge in [0.2, 0.25) is 0 Å². The first kappa shape index (κ1) is 15.4. The fourth-order valence-electron chi connectivity index (χ4n) is 1.72. The molecule has 0 aliphatic heterocycles. The lowest BCUT2D eigenvalue weighted by Crippen LogP contribution is -2.17. The van der Waals surface area contributed by atoms with E-state index in [1.807, 2.05) is 0 Å². The van der Waals surface area contributed by atoms with Crippen LogP contribution in [0.3, 0.4) is 0 Å². The van der Waals surface area contributed by atoms with E-state index in [0.717, 1.165) is 12.8 Å². The number of unbranched alkanes of at least 4 members (excludes halogenated alkanes) is 5. The monoisotopic (exact) mass is 230 g/mol. The third-order valence-electron chi connectivity index (χ3n) is 2.83. The molecule has 0 saturated heterocycles. The molecule has 0 aromatic heterocycles. The number of carbonyl (C=O) groups excluding carboxylic acids is 1. The minimum atomic E-state index is -0.183. The number of ether oxygens (including phenoxy) is 2. The van der Waals surface area contributed by atoms with Crippen LogP contribution in [0.5, 0.6) is 0 Å². The Morgan fingerprint density at radius 2 is 1.69 bits per heavy atom. The van der Waals surface area contributed by atoms with Crippen molar-refractivity contribution in [3.05, 3.63) is 0 Å². The van der Waals surface area contributed by atoms with Gasteiger partial charge in [0.15, 0.2) is 0 Å². The summed E-state index contributed by atoms with van der Waals surface area (Å²) < 4.78 is 9.87. The van der Waals surface area contributed by atoms with E-state index >= 15 is 0 Å². The second-order valence-corrected chi connectivity index (χ2v) is 4.19. The van der Waals surface area contributed by atoms with Crippen LogP contribution in [0.25, 0.3) is 0 Å². The second-order valence-electron chi connectivity index (χ2n) is 4.19. The molecule has 0 rings (SSSR count). The van der Waals surface area contributed by atoms with Crippen LogP contribution in [0, 0.1) is 0 Å². The maximum Gasteiger partial charge on any atom is 0.308 e. The van der Waals surface area contributed by atoms with Crippen LogP contribution in [0.15, 0.2) is 0 Å². The van der Waals surface area contributed by atoms with Gasteiger partial charge in [-0.25, -0.2) is 0 Å². The van der Waals surface area contributed by atoms with Crippen LogP contribution in [0.1, 0.15) is 58.3 Å². The van der Waals surface area contributed by atoms with E-state index in [1.54, 1.807) is 7.11 Å². The molecule has 96 valence electrons. The maximum absolute atomic E-state index is 11.1. The summed E-state index contributed by atoms with van der Waals surface area (Å²) in [6, 6.07) is 0. The molecular formula is C13H26O3. The first-order chi connectivity index (χ1) is 7.74. The predicted molar refractivity (Wildman–Crippen MR) is 65.4 cm³/mol. The Morgan fingerprint density at radius 1 is 1.06 bits per heavy atom. The molecule has 16 heavy (non-hydrogen) atoms. The van der Waals surface area contributed by atoms with Crippen LogP contribution < -0.4 is 0 Å². The van der Waals surface area contributed by atoms with E-state index in [0.29, 0.717) is 6.42 Å². The van der Waals surface area contributed by atoms with Gasteiger partial charge in [-0.1, -0.05) is 45.4 Å². The Labute approximate surface area is 99.5 Å². The van der Waals surface area contributed by atoms with Gasteiger partial charge in [0, 0.05) is 7.11 Å². The van der Waals surface area contributed by atoms with E-state index < -0.39 is 0 Å². The number of hydrogen-bond acceptors (Lipinski definition) is 3. The van der Waals surface area contributed by atoms with Gasteiger partial charge in [0.1, 0.15) is 0 Å². The van der Waals surface area contributed by atoms with Crippen molar-refractivity contribution in [3.8, 4) is 0 Å². The van der Waals surface area contributed by atoms with E-state index in [9.17, 15) is 4.79 Å². The van der Waals surface area contributed by atoms with E-state index in [-0.39, 0.29) is 12.1 Å². The molecule has 3 heteroatoms. The molecule has 0 aromatic carbocycles. The lowest BCUT2D eigenvalue weighted by molar-refractivity contribution is -0.143. The van der Waals surface area contributed by atoms with Crippen molar-refractivity contribution in [3.63, 3.8) is 0 Å². The first-order valence-corrected chi connectivity index (χ1v) is 6.34. The second kappa shape index (κ2) is 10.9. The van der Waals surface area contributed by atoms with Crippen molar-refractivity contribution in [2.75, 3.05) is 14.2 Å². The average molecular weight is 230 g/mol. The molecule has 0 bridgehead atoms. The van der Waals surface area contributed by atoms with Crippen LogP contribution >= 0.6 is 0 Å². The molecular weight excluding hydrogens is 204 g/mol. The first-order valence-electron chi connectivity index (χ1n) is 6.34. The smallest absolute Gasteiger partial charge is 0.308 e. The quantitative estimate of drug-likeness (QED) is 0.426. The summed E-state index contributed by atoms with van der Waals surface area (Å²) in [5.74, 6) is -0.183. The summed E-state index contributed by atoms with van der Waals surface area (Å²) in [4.78, 5) is 11.1. The van der Waals surface area contributed by atoms with Gasteiger partial charge in [0.25, 0.3) is 0 Å². The van der Waals surface area contributed by atoms with Gasteiger partial charge in [0.05, 0.1) is 19.6 Å². The van der Waals surface area contributed by atoms with Gasteiger partial charge < -0.3 is 9.47 Å². The van der Waals surface area contributed by atoms with Crippen molar-refractivity contribution in [1.29, 1.82) is 0 Å². The van der Waals surface area contributed by atoms with Gasteiger partial charge in [-0.3, -0.25) is 4.79 Å². The van der Waals surface area contributed by atoms with Crippen molar-refractivity contribution in [1.82, 2.24) is 0 Å². The van der Waals surface area contributed by atoms with Crippen molar-refractivity contribution < 1.29 is 14.3 Å². The van der Waals surface area contributed by atoms with Crippen LogP contribution in [0.2, 0.25) is 0 Å². The summed E-state index contributed by atoms with van der Waals surface area (Å²) in [6.45, 7) is 2.22. The molecule has 1 unspecified atom stereocenters. The molecule has 0 aliphatic rings. The molecule has 0 amide bonds. The zero-order valence-electron chi connectivity index (χ0n) is 11.0. The molecule has 3 nitrogen and oxygen atoms in total. The van der Waals surface area contributed by atoms with Crippen molar-refractivity contribution >= 4 is 5.97 Å². The molecule has 0 N–H and O–H groups in total. The lowest BCUT2D eigenvalue weighted by Gasteiger charge is -2.13. The fourth-order valence-corrected chi connectivity index (χ4v) is 1.72. The minimum Gasteiger partial charge on any atom is -0.469 e. The normalized spacial score (nSPS) is 12.4. The summed E-state index contributed by atoms with van der Waals surface area (Å²) in [5, 5.41) is 0. The van der Waals surface area contributed by atoms with Gasteiger partial charge in [-0.2, -0.15) is 0 Å². The van der Waals surface area contributed by atoms with Gasteiger partial charge in [-0.05, 0) is 6.42 Å². The number of hydrogen-bond donors (Lipinski definition) is 0. The third-order valence-corrected chi connectivity index (χ3v) is 2.83. The Morgan fingerprint density at radius 3 is 2.25 bits per heavy atom. The van der Waals surface area contributed by atoms with Crippen LogP contribution in [-0.2, 0) is 14.3 Å². The SMILES string of the molecule is CCCCCCCCC(CC(=O)OC)OC. The Bertz CT molecular complexity index is 169. The molecule has 1 atom stereocenters. The highest BCUT2D eigenvalue weighted by atomic mass is 16.5. The standard InChI is InChI=1S/C13H26O3/c1-4-5-6-7-8-9-10-12(15-2)11-13(14)16-3/h12H,4-11H2,1-3H3. The zero-order valence-corrected chi connectivity index (χ0v) is 11.0. The highest BCUT2D eigenvalue weighted by Gasteiger charge is 2.12. The van der Waals surface area contributed by atoms with Gasteiger partial charge >= 0.3 is 5.97 Å². The minimum absolute atomic E-state index is 0.0265. The molecule has 0 spiro atoms. The lowest BCUT2D eigenvalue weighted by atomic mass is 10.1. The molecule has 0 aliphatic carbocycles. The number of methoxy groups -OCH3 is 2. The molecule has 0 fully saturated rings. The Balaban J connectivity index is 3.44. The Kier molecular flexibility index (Phi) is 10.5. The zero-order chi connectivity index (χ0) is 12.2. The summed E-state index contributed by atoms with van der Waals surface area (Å²) >= 11 is 0.